The van der Waals surface area contributed by atoms with Gasteiger partial charge in [-0.3, -0.25) is 0 Å². The van der Waals surface area contributed by atoms with Gasteiger partial charge >= 0.3 is 12.1 Å². The second-order valence-electron chi connectivity index (χ2n) is 3.15. The van der Waals surface area contributed by atoms with Crippen molar-refractivity contribution in [2.75, 3.05) is 13.2 Å². The van der Waals surface area contributed by atoms with E-state index in [4.69, 9.17) is 4.74 Å². The summed E-state index contributed by atoms with van der Waals surface area (Å²) in [7, 11) is 0. The fourth-order valence-corrected chi connectivity index (χ4v) is 1.07. The van der Waals surface area contributed by atoms with Crippen molar-refractivity contribution >= 4 is 5.97 Å². The lowest BCUT2D eigenvalue weighted by Crippen LogP contribution is -2.19. The zero-order valence-corrected chi connectivity index (χ0v) is 9.08. The van der Waals surface area contributed by atoms with Crippen LogP contribution in [0.15, 0.2) is 24.3 Å². The first-order valence-corrected chi connectivity index (χ1v) is 4.89. The van der Waals surface area contributed by atoms with Crippen molar-refractivity contribution in [2.24, 2.45) is 0 Å². The van der Waals surface area contributed by atoms with Gasteiger partial charge in [0.05, 0.1) is 12.2 Å². The van der Waals surface area contributed by atoms with Crippen LogP contribution < -0.4 is 4.74 Å². The van der Waals surface area contributed by atoms with Crippen LogP contribution in [-0.4, -0.2) is 25.4 Å². The molecule has 1 rings (SSSR count). The molecular formula is C11H11F3O3. The molecule has 0 unspecified atom stereocenters. The lowest BCUT2D eigenvalue weighted by Gasteiger charge is -2.09. The number of ether oxygens (including phenoxy) is 2. The average molecular weight is 248 g/mol. The van der Waals surface area contributed by atoms with E-state index in [-0.39, 0.29) is 17.9 Å². The van der Waals surface area contributed by atoms with Gasteiger partial charge in [-0.25, -0.2) is 4.79 Å². The third-order valence-electron chi connectivity index (χ3n) is 1.77. The number of rotatable bonds is 4. The van der Waals surface area contributed by atoms with Crippen LogP contribution in [0.2, 0.25) is 0 Å². The van der Waals surface area contributed by atoms with Crippen molar-refractivity contribution < 1.29 is 27.4 Å². The number of halogens is 3. The molecule has 0 aromatic heterocycles. The Kier molecular flexibility index (Phi) is 4.37. The fraction of sp³-hybridized carbons (Fsp3) is 0.364. The van der Waals surface area contributed by atoms with Crippen molar-refractivity contribution in [2.45, 2.75) is 13.1 Å². The summed E-state index contributed by atoms with van der Waals surface area (Å²) >= 11 is 0. The van der Waals surface area contributed by atoms with E-state index in [1.807, 2.05) is 0 Å². The lowest BCUT2D eigenvalue weighted by molar-refractivity contribution is -0.153. The van der Waals surface area contributed by atoms with Crippen LogP contribution >= 0.6 is 0 Å². The van der Waals surface area contributed by atoms with E-state index >= 15 is 0 Å². The number of carbonyl (C=O) groups excluding carboxylic acids is 1. The molecule has 3 nitrogen and oxygen atoms in total. The standard InChI is InChI=1S/C11H11F3O3/c1-2-16-10(15)8-3-5-9(6-4-8)17-7-11(12,13)14/h3-6H,2,7H2,1H3. The average Bonchev–Trinajstić information content (AvgIpc) is 2.26. The SMILES string of the molecule is CCOC(=O)c1ccc(OCC(F)(F)F)cc1. The van der Waals surface area contributed by atoms with Gasteiger partial charge in [0.15, 0.2) is 6.61 Å². The predicted octanol–water partition coefficient (Wildman–Crippen LogP) is 2.80. The van der Waals surface area contributed by atoms with Crippen LogP contribution in [0.25, 0.3) is 0 Å². The second-order valence-corrected chi connectivity index (χ2v) is 3.15. The quantitative estimate of drug-likeness (QED) is 0.768. The molecule has 0 N–H and O–H groups in total. The van der Waals surface area contributed by atoms with Crippen molar-refractivity contribution in [3.05, 3.63) is 29.8 Å². The van der Waals surface area contributed by atoms with Crippen LogP contribution in [-0.2, 0) is 4.74 Å². The smallest absolute Gasteiger partial charge is 0.422 e. The van der Waals surface area contributed by atoms with E-state index in [1.54, 1.807) is 6.92 Å². The number of alkyl halides is 3. The molecule has 0 saturated carbocycles. The molecule has 0 amide bonds. The maximum absolute atomic E-state index is 11.9. The molecule has 0 saturated heterocycles. The molecule has 17 heavy (non-hydrogen) atoms. The summed E-state index contributed by atoms with van der Waals surface area (Å²) in [5.74, 6) is -0.467. The maximum atomic E-state index is 11.9. The van der Waals surface area contributed by atoms with E-state index in [2.05, 4.69) is 4.74 Å². The minimum Gasteiger partial charge on any atom is -0.484 e. The largest absolute Gasteiger partial charge is 0.484 e. The van der Waals surface area contributed by atoms with Gasteiger partial charge < -0.3 is 9.47 Å². The zero-order valence-electron chi connectivity index (χ0n) is 9.08. The van der Waals surface area contributed by atoms with Gasteiger partial charge in [-0.1, -0.05) is 0 Å². The molecule has 0 heterocycles. The fourth-order valence-electron chi connectivity index (χ4n) is 1.07. The molecular weight excluding hydrogens is 237 g/mol. The topological polar surface area (TPSA) is 35.5 Å². The highest BCUT2D eigenvalue weighted by molar-refractivity contribution is 5.89. The molecule has 94 valence electrons. The molecule has 0 aliphatic rings. The van der Waals surface area contributed by atoms with Crippen LogP contribution in [0, 0.1) is 0 Å². The number of benzene rings is 1. The summed E-state index contributed by atoms with van der Waals surface area (Å²) in [6.07, 6.45) is -4.38. The highest BCUT2D eigenvalue weighted by Crippen LogP contribution is 2.19. The number of carbonyl (C=O) groups is 1. The molecule has 1 aromatic rings. The molecule has 0 atom stereocenters. The normalized spacial score (nSPS) is 11.1. The first-order chi connectivity index (χ1) is 7.92. The minimum atomic E-state index is -4.38. The van der Waals surface area contributed by atoms with Gasteiger partial charge in [0, 0.05) is 0 Å². The third kappa shape index (κ3) is 4.76. The molecule has 1 aromatic carbocycles. The van der Waals surface area contributed by atoms with Gasteiger partial charge in [-0.05, 0) is 31.2 Å². The minimum absolute atomic E-state index is 0.0513. The second kappa shape index (κ2) is 5.56. The van der Waals surface area contributed by atoms with Crippen LogP contribution in [0.4, 0.5) is 13.2 Å². The van der Waals surface area contributed by atoms with Gasteiger partial charge in [0.25, 0.3) is 0 Å². The van der Waals surface area contributed by atoms with Gasteiger partial charge in [-0.2, -0.15) is 13.2 Å². The van der Waals surface area contributed by atoms with Crippen LogP contribution in [0.3, 0.4) is 0 Å². The Hall–Kier alpha value is -1.72. The van der Waals surface area contributed by atoms with E-state index in [1.165, 1.54) is 24.3 Å². The molecule has 0 bridgehead atoms. The predicted molar refractivity (Wildman–Crippen MR) is 53.9 cm³/mol. The first-order valence-electron chi connectivity index (χ1n) is 4.89. The van der Waals surface area contributed by atoms with Crippen molar-refractivity contribution in [3.63, 3.8) is 0 Å². The van der Waals surface area contributed by atoms with Gasteiger partial charge in [0.2, 0.25) is 0 Å². The van der Waals surface area contributed by atoms with E-state index < -0.39 is 18.8 Å². The highest BCUT2D eigenvalue weighted by Gasteiger charge is 2.28. The Labute approximate surface area is 96.1 Å². The van der Waals surface area contributed by atoms with E-state index in [0.29, 0.717) is 0 Å². The first kappa shape index (κ1) is 13.3. The van der Waals surface area contributed by atoms with Crippen molar-refractivity contribution in [3.8, 4) is 5.75 Å². The Morgan fingerprint density at radius 3 is 2.29 bits per heavy atom. The molecule has 0 fully saturated rings. The number of esters is 1. The number of hydrogen-bond donors (Lipinski definition) is 0. The molecule has 6 heteroatoms. The van der Waals surface area contributed by atoms with Crippen LogP contribution in [0.5, 0.6) is 5.75 Å². The Morgan fingerprint density at radius 2 is 1.82 bits per heavy atom. The van der Waals surface area contributed by atoms with E-state index in [9.17, 15) is 18.0 Å². The summed E-state index contributed by atoms with van der Waals surface area (Å²) < 4.78 is 44.8. The summed E-state index contributed by atoms with van der Waals surface area (Å²) in [6, 6.07) is 5.28. The van der Waals surface area contributed by atoms with Crippen molar-refractivity contribution in [1.82, 2.24) is 0 Å². The summed E-state index contributed by atoms with van der Waals surface area (Å²) in [4.78, 5) is 11.2. The molecule has 0 aliphatic heterocycles. The van der Waals surface area contributed by atoms with Crippen molar-refractivity contribution in [1.29, 1.82) is 0 Å². The lowest BCUT2D eigenvalue weighted by atomic mass is 10.2. The Balaban J connectivity index is 2.59. The number of hydrogen-bond acceptors (Lipinski definition) is 3. The Bertz CT molecular complexity index is 371. The Morgan fingerprint density at radius 1 is 1.24 bits per heavy atom. The molecule has 0 radical (unpaired) electrons. The molecule has 0 aliphatic carbocycles. The van der Waals surface area contributed by atoms with E-state index in [0.717, 1.165) is 0 Å². The summed E-state index contributed by atoms with van der Waals surface area (Å²) in [5, 5.41) is 0. The zero-order chi connectivity index (χ0) is 12.9. The monoisotopic (exact) mass is 248 g/mol. The third-order valence-corrected chi connectivity index (χ3v) is 1.77. The van der Waals surface area contributed by atoms with Gasteiger partial charge in [0.1, 0.15) is 5.75 Å². The molecule has 0 spiro atoms. The summed E-state index contributed by atoms with van der Waals surface area (Å²) in [6.45, 7) is 0.551. The maximum Gasteiger partial charge on any atom is 0.422 e. The van der Waals surface area contributed by atoms with Gasteiger partial charge in [-0.15, -0.1) is 0 Å². The summed E-state index contributed by atoms with van der Waals surface area (Å²) in [5.41, 5.74) is 0.270. The van der Waals surface area contributed by atoms with Crippen LogP contribution in [0.1, 0.15) is 17.3 Å². The highest BCUT2D eigenvalue weighted by atomic mass is 19.4.